The third-order valence-corrected chi connectivity index (χ3v) is 3.52. The van der Waals surface area contributed by atoms with Gasteiger partial charge in [0.1, 0.15) is 0 Å². The molecule has 16 heavy (non-hydrogen) atoms. The quantitative estimate of drug-likeness (QED) is 0.666. The molecule has 0 spiro atoms. The van der Waals surface area contributed by atoms with E-state index in [0.29, 0.717) is 25.5 Å². The van der Waals surface area contributed by atoms with Crippen molar-refractivity contribution in [3.8, 4) is 0 Å². The van der Waals surface area contributed by atoms with E-state index in [-0.39, 0.29) is 5.78 Å². The summed E-state index contributed by atoms with van der Waals surface area (Å²) in [5, 5.41) is 0.486. The van der Waals surface area contributed by atoms with Gasteiger partial charge in [0.2, 0.25) is 5.78 Å². The van der Waals surface area contributed by atoms with Gasteiger partial charge in [0.15, 0.2) is 0 Å². The van der Waals surface area contributed by atoms with Gasteiger partial charge in [-0.15, -0.1) is 11.3 Å². The summed E-state index contributed by atoms with van der Waals surface area (Å²) in [6, 6.07) is 8.18. The van der Waals surface area contributed by atoms with E-state index in [4.69, 9.17) is 28.9 Å². The second-order valence-electron chi connectivity index (χ2n) is 3.16. The van der Waals surface area contributed by atoms with Crippen molar-refractivity contribution in [3.05, 3.63) is 50.1 Å². The first-order valence-electron chi connectivity index (χ1n) is 4.43. The number of carbonyl (C=O) groups is 1. The summed E-state index contributed by atoms with van der Waals surface area (Å²) in [5.41, 5.74) is 6.55. The molecule has 0 saturated heterocycles. The van der Waals surface area contributed by atoms with Crippen LogP contribution in [0.4, 0.5) is 5.69 Å². The topological polar surface area (TPSA) is 43.1 Å². The van der Waals surface area contributed by atoms with Gasteiger partial charge in [-0.1, -0.05) is 23.2 Å². The number of ketones is 1. The lowest BCUT2D eigenvalue weighted by Crippen LogP contribution is -2.03. The molecule has 2 rings (SSSR count). The van der Waals surface area contributed by atoms with Crippen molar-refractivity contribution >= 4 is 46.0 Å². The molecule has 82 valence electrons. The molecule has 0 amide bonds. The predicted molar refractivity (Wildman–Crippen MR) is 68.6 cm³/mol. The van der Waals surface area contributed by atoms with Gasteiger partial charge < -0.3 is 5.73 Å². The van der Waals surface area contributed by atoms with Gasteiger partial charge >= 0.3 is 0 Å². The van der Waals surface area contributed by atoms with Crippen molar-refractivity contribution in [1.82, 2.24) is 0 Å². The minimum atomic E-state index is -0.156. The highest BCUT2D eigenvalue weighted by atomic mass is 35.5. The molecule has 5 heteroatoms. The summed E-state index contributed by atoms with van der Waals surface area (Å²) in [7, 11) is 0. The van der Waals surface area contributed by atoms with E-state index in [1.807, 2.05) is 0 Å². The molecule has 0 aliphatic carbocycles. The van der Waals surface area contributed by atoms with E-state index in [1.165, 1.54) is 11.3 Å². The third kappa shape index (κ3) is 2.21. The highest BCUT2D eigenvalue weighted by Crippen LogP contribution is 2.27. The van der Waals surface area contributed by atoms with Crippen LogP contribution in [0.15, 0.2) is 30.3 Å². The molecule has 0 aliphatic rings. The van der Waals surface area contributed by atoms with Crippen molar-refractivity contribution in [2.24, 2.45) is 0 Å². The van der Waals surface area contributed by atoms with Crippen LogP contribution in [0.3, 0.4) is 0 Å². The molecule has 1 aromatic carbocycles. The van der Waals surface area contributed by atoms with E-state index in [9.17, 15) is 4.79 Å². The Bertz CT molecular complexity index is 551. The summed E-state index contributed by atoms with van der Waals surface area (Å²) < 4.78 is 0.573. The van der Waals surface area contributed by atoms with Gasteiger partial charge in [0, 0.05) is 16.3 Å². The summed E-state index contributed by atoms with van der Waals surface area (Å²) in [4.78, 5) is 12.6. The van der Waals surface area contributed by atoms with Crippen molar-refractivity contribution in [1.29, 1.82) is 0 Å². The standard InChI is InChI=1S/C11H7Cl2NOS/c12-6-1-2-8(14)7(5-6)11(15)9-3-4-10(13)16-9/h1-5H,14H2. The summed E-state index contributed by atoms with van der Waals surface area (Å²) >= 11 is 12.8. The number of thiophene rings is 1. The normalized spacial score (nSPS) is 10.4. The van der Waals surface area contributed by atoms with Gasteiger partial charge in [-0.25, -0.2) is 0 Å². The average Bonchev–Trinajstić information content (AvgIpc) is 2.67. The lowest BCUT2D eigenvalue weighted by molar-refractivity contribution is 0.104. The van der Waals surface area contributed by atoms with Crippen molar-refractivity contribution in [2.75, 3.05) is 5.73 Å². The van der Waals surface area contributed by atoms with E-state index >= 15 is 0 Å². The molecular weight excluding hydrogens is 265 g/mol. The summed E-state index contributed by atoms with van der Waals surface area (Å²) in [6.45, 7) is 0. The van der Waals surface area contributed by atoms with Crippen LogP contribution in [0.2, 0.25) is 9.36 Å². The SMILES string of the molecule is Nc1ccc(Cl)cc1C(=O)c1ccc(Cl)s1. The van der Waals surface area contributed by atoms with Gasteiger partial charge in [-0.05, 0) is 30.3 Å². The minimum absolute atomic E-state index is 0.156. The van der Waals surface area contributed by atoms with Gasteiger partial charge in [-0.2, -0.15) is 0 Å². The second-order valence-corrected chi connectivity index (χ2v) is 5.32. The zero-order valence-electron chi connectivity index (χ0n) is 8.04. The highest BCUT2D eigenvalue weighted by molar-refractivity contribution is 7.18. The van der Waals surface area contributed by atoms with Crippen LogP contribution in [0.5, 0.6) is 0 Å². The molecule has 0 saturated carbocycles. The monoisotopic (exact) mass is 271 g/mol. The third-order valence-electron chi connectivity index (χ3n) is 2.06. The number of hydrogen-bond donors (Lipinski definition) is 1. The first-order valence-corrected chi connectivity index (χ1v) is 6.00. The van der Waals surface area contributed by atoms with Crippen molar-refractivity contribution < 1.29 is 4.79 Å². The zero-order chi connectivity index (χ0) is 11.7. The first-order chi connectivity index (χ1) is 7.58. The van der Waals surface area contributed by atoms with Crippen molar-refractivity contribution in [2.45, 2.75) is 0 Å². The van der Waals surface area contributed by atoms with Gasteiger partial charge in [-0.3, -0.25) is 4.79 Å². The molecule has 1 aromatic heterocycles. The van der Waals surface area contributed by atoms with Gasteiger partial charge in [0.05, 0.1) is 9.21 Å². The predicted octanol–water partition coefficient (Wildman–Crippen LogP) is 3.87. The number of rotatable bonds is 2. The Morgan fingerprint density at radius 1 is 1.19 bits per heavy atom. The van der Waals surface area contributed by atoms with Crippen LogP contribution < -0.4 is 5.73 Å². The van der Waals surface area contributed by atoms with Crippen molar-refractivity contribution in [3.63, 3.8) is 0 Å². The lowest BCUT2D eigenvalue weighted by Gasteiger charge is -2.03. The molecule has 0 radical (unpaired) electrons. The fourth-order valence-electron chi connectivity index (χ4n) is 1.29. The molecule has 2 aromatic rings. The highest BCUT2D eigenvalue weighted by Gasteiger charge is 2.14. The Labute approximate surface area is 107 Å². The Morgan fingerprint density at radius 2 is 1.94 bits per heavy atom. The summed E-state index contributed by atoms with van der Waals surface area (Å²) in [5.74, 6) is -0.156. The summed E-state index contributed by atoms with van der Waals surface area (Å²) in [6.07, 6.45) is 0. The fraction of sp³-hybridized carbons (Fsp3) is 0. The Balaban J connectivity index is 2.45. The molecular formula is C11H7Cl2NOS. The van der Waals surface area contributed by atoms with Crippen LogP contribution in [-0.4, -0.2) is 5.78 Å². The molecule has 2 nitrogen and oxygen atoms in total. The van der Waals surface area contributed by atoms with Gasteiger partial charge in [0.25, 0.3) is 0 Å². The molecule has 0 bridgehead atoms. The number of nitrogens with two attached hydrogens (primary N) is 1. The number of hydrogen-bond acceptors (Lipinski definition) is 3. The van der Waals surface area contributed by atoms with Crippen LogP contribution in [0, 0.1) is 0 Å². The smallest absolute Gasteiger partial charge is 0.205 e. The first kappa shape index (κ1) is 11.5. The number of benzene rings is 1. The number of halogens is 2. The maximum atomic E-state index is 12.0. The maximum Gasteiger partial charge on any atom is 0.205 e. The molecule has 1 heterocycles. The van der Waals surface area contributed by atoms with Crippen LogP contribution in [-0.2, 0) is 0 Å². The second kappa shape index (κ2) is 4.45. The Kier molecular flexibility index (Phi) is 3.19. The average molecular weight is 272 g/mol. The van der Waals surface area contributed by atoms with E-state index in [1.54, 1.807) is 30.3 Å². The fourth-order valence-corrected chi connectivity index (χ4v) is 2.46. The molecule has 2 N–H and O–H groups in total. The molecule has 0 atom stereocenters. The maximum absolute atomic E-state index is 12.0. The largest absolute Gasteiger partial charge is 0.398 e. The Morgan fingerprint density at radius 3 is 2.56 bits per heavy atom. The Hall–Kier alpha value is -1.03. The van der Waals surface area contributed by atoms with E-state index in [2.05, 4.69) is 0 Å². The number of anilines is 1. The van der Waals surface area contributed by atoms with Crippen LogP contribution in [0.1, 0.15) is 15.2 Å². The van der Waals surface area contributed by atoms with E-state index < -0.39 is 0 Å². The molecule has 0 unspecified atom stereocenters. The number of carbonyl (C=O) groups excluding carboxylic acids is 1. The number of nitrogen functional groups attached to an aromatic ring is 1. The lowest BCUT2D eigenvalue weighted by atomic mass is 10.1. The minimum Gasteiger partial charge on any atom is -0.398 e. The van der Waals surface area contributed by atoms with Crippen LogP contribution >= 0.6 is 34.5 Å². The molecule has 0 fully saturated rings. The van der Waals surface area contributed by atoms with Crippen LogP contribution in [0.25, 0.3) is 0 Å². The van der Waals surface area contributed by atoms with E-state index in [0.717, 1.165) is 0 Å². The molecule has 0 aliphatic heterocycles. The zero-order valence-corrected chi connectivity index (χ0v) is 10.4.